The molecular weight excluding hydrogens is 440 g/mol. The van der Waals surface area contributed by atoms with E-state index in [9.17, 15) is 0 Å². The molecule has 28 heavy (non-hydrogen) atoms. The van der Waals surface area contributed by atoms with Crippen molar-refractivity contribution in [3.63, 3.8) is 0 Å². The molecule has 2 aliphatic heterocycles. The predicted octanol–water partition coefficient (Wildman–Crippen LogP) is 6.89. The van der Waals surface area contributed by atoms with E-state index in [2.05, 4.69) is 28.1 Å². The number of hydrogen-bond donors (Lipinski definition) is 0. The summed E-state index contributed by atoms with van der Waals surface area (Å²) in [6.45, 7) is 0. The molecule has 2 atom stereocenters. The van der Waals surface area contributed by atoms with Crippen LogP contribution in [0.3, 0.4) is 0 Å². The van der Waals surface area contributed by atoms with E-state index in [1.165, 1.54) is 62.5 Å². The second kappa shape index (κ2) is 8.73. The summed E-state index contributed by atoms with van der Waals surface area (Å²) >= 11 is 3.72. The highest BCUT2D eigenvalue weighted by Crippen LogP contribution is 2.51. The van der Waals surface area contributed by atoms with Crippen LogP contribution in [0.2, 0.25) is 0 Å². The molecule has 0 amide bonds. The first-order valence-electron chi connectivity index (χ1n) is 11.0. The highest BCUT2D eigenvalue weighted by Gasteiger charge is 2.44. The van der Waals surface area contributed by atoms with Crippen molar-refractivity contribution in [1.82, 2.24) is 0 Å². The van der Waals surface area contributed by atoms with E-state index in [1.807, 2.05) is 0 Å². The molecule has 2 fully saturated rings. The van der Waals surface area contributed by atoms with E-state index in [0.29, 0.717) is 6.10 Å². The minimum atomic E-state index is -0.393. The summed E-state index contributed by atoms with van der Waals surface area (Å²) < 4.78 is 19.6. The molecule has 156 valence electrons. The summed E-state index contributed by atoms with van der Waals surface area (Å²) in [5.41, 5.74) is 2.65. The van der Waals surface area contributed by atoms with Crippen molar-refractivity contribution in [2.45, 2.75) is 95.0 Å². The Morgan fingerprint density at radius 3 is 2.43 bits per heavy atom. The number of hydrogen-bond acceptors (Lipinski definition) is 3. The molecule has 2 aliphatic carbocycles. The van der Waals surface area contributed by atoms with Gasteiger partial charge in [0.05, 0.1) is 12.2 Å². The number of benzene rings is 1. The molecule has 3 nitrogen and oxygen atoms in total. The maximum atomic E-state index is 6.68. The van der Waals surface area contributed by atoms with E-state index >= 15 is 0 Å². The highest BCUT2D eigenvalue weighted by atomic mass is 79.9. The summed E-state index contributed by atoms with van der Waals surface area (Å²) in [5.74, 6) is 2.31. The van der Waals surface area contributed by atoms with Gasteiger partial charge in [-0.1, -0.05) is 47.7 Å². The average Bonchev–Trinajstić information content (AvgIpc) is 2.95. The second-order valence-electron chi connectivity index (χ2n) is 8.89. The molecule has 5 rings (SSSR count). The smallest absolute Gasteiger partial charge is 0.251 e. The molecule has 1 spiro atoms. The van der Waals surface area contributed by atoms with Gasteiger partial charge in [0.15, 0.2) is 11.5 Å². The normalized spacial score (nSPS) is 29.0. The van der Waals surface area contributed by atoms with Crippen LogP contribution in [-0.4, -0.2) is 17.2 Å². The van der Waals surface area contributed by atoms with Crippen LogP contribution in [0.1, 0.15) is 87.9 Å². The van der Waals surface area contributed by atoms with Gasteiger partial charge in [0.25, 0.3) is 5.79 Å². The van der Waals surface area contributed by atoms with E-state index in [1.54, 1.807) is 0 Å². The van der Waals surface area contributed by atoms with Gasteiger partial charge in [-0.3, -0.25) is 0 Å². The Kier molecular flexibility index (Phi) is 6.49. The largest absolute Gasteiger partial charge is 0.448 e. The Balaban J connectivity index is 0.00000192. The molecule has 1 aromatic carbocycles. The number of ether oxygens (including phenoxy) is 3. The van der Waals surface area contributed by atoms with Crippen molar-refractivity contribution in [3.8, 4) is 11.5 Å². The first kappa shape index (κ1) is 20.8. The lowest BCUT2D eigenvalue weighted by Crippen LogP contribution is -2.40. The third-order valence-corrected chi connectivity index (χ3v) is 7.73. The molecule has 0 N–H and O–H groups in total. The van der Waals surface area contributed by atoms with E-state index < -0.39 is 5.79 Å². The van der Waals surface area contributed by atoms with Crippen LogP contribution in [0.25, 0.3) is 0 Å². The number of fused-ring (bicyclic) bond motifs is 3. The monoisotopic (exact) mass is 470 g/mol. The zero-order chi connectivity index (χ0) is 18.3. The average molecular weight is 472 g/mol. The fourth-order valence-electron chi connectivity index (χ4n) is 5.69. The third kappa shape index (κ3) is 3.81. The van der Waals surface area contributed by atoms with Crippen molar-refractivity contribution in [1.29, 1.82) is 0 Å². The molecule has 0 radical (unpaired) electrons. The molecule has 4 aliphatic rings. The minimum absolute atomic E-state index is 0. The SMILES string of the molecule is BrCC1OC(C2CCCCC2)CCc2c1ccc1c2OC2(CCCCC2)O1.Cl. The van der Waals surface area contributed by atoms with Gasteiger partial charge < -0.3 is 14.2 Å². The van der Waals surface area contributed by atoms with Crippen molar-refractivity contribution in [2.24, 2.45) is 5.92 Å². The van der Waals surface area contributed by atoms with Gasteiger partial charge in [-0.15, -0.1) is 12.4 Å². The highest BCUT2D eigenvalue weighted by molar-refractivity contribution is 9.09. The van der Waals surface area contributed by atoms with Gasteiger partial charge in [-0.05, 0) is 56.1 Å². The first-order valence-corrected chi connectivity index (χ1v) is 12.2. The predicted molar refractivity (Wildman–Crippen MR) is 117 cm³/mol. The Labute approximate surface area is 183 Å². The lowest BCUT2D eigenvalue weighted by Gasteiger charge is -2.31. The molecular formula is C23H32BrClO3. The number of alkyl halides is 1. The maximum Gasteiger partial charge on any atom is 0.251 e. The standard InChI is InChI=1S/C23H31BrO3.ClH/c24-15-21-17-9-12-20-22(27-23(26-20)13-5-2-6-14-23)18(17)10-11-19(25-21)16-7-3-1-4-8-16;/h9,12,16,19,21H,1-8,10-11,13-15H2;1H. The molecule has 0 saturated heterocycles. The Bertz CT molecular complexity index is 683. The van der Waals surface area contributed by atoms with Crippen molar-refractivity contribution < 1.29 is 14.2 Å². The zero-order valence-electron chi connectivity index (χ0n) is 16.6. The topological polar surface area (TPSA) is 27.7 Å². The zero-order valence-corrected chi connectivity index (χ0v) is 19.0. The quantitative estimate of drug-likeness (QED) is 0.440. The molecule has 5 heteroatoms. The van der Waals surface area contributed by atoms with E-state index in [4.69, 9.17) is 14.2 Å². The van der Waals surface area contributed by atoms with E-state index in [-0.39, 0.29) is 18.5 Å². The number of rotatable bonds is 2. The van der Waals surface area contributed by atoms with Crippen molar-refractivity contribution in [3.05, 3.63) is 23.3 Å². The summed E-state index contributed by atoms with van der Waals surface area (Å²) in [6, 6.07) is 4.35. The van der Waals surface area contributed by atoms with Crippen LogP contribution in [0.5, 0.6) is 11.5 Å². The molecule has 0 aromatic heterocycles. The van der Waals surface area contributed by atoms with Crippen LogP contribution < -0.4 is 9.47 Å². The molecule has 2 saturated carbocycles. The van der Waals surface area contributed by atoms with Gasteiger partial charge >= 0.3 is 0 Å². The Morgan fingerprint density at radius 1 is 0.929 bits per heavy atom. The Morgan fingerprint density at radius 2 is 1.68 bits per heavy atom. The lowest BCUT2D eigenvalue weighted by atomic mass is 9.83. The minimum Gasteiger partial charge on any atom is -0.448 e. The van der Waals surface area contributed by atoms with Crippen molar-refractivity contribution >= 4 is 28.3 Å². The first-order chi connectivity index (χ1) is 13.3. The van der Waals surface area contributed by atoms with Gasteiger partial charge in [-0.2, -0.15) is 0 Å². The van der Waals surface area contributed by atoms with Crippen LogP contribution in [-0.2, 0) is 11.2 Å². The molecule has 2 heterocycles. The van der Waals surface area contributed by atoms with Crippen LogP contribution in [0, 0.1) is 5.92 Å². The summed E-state index contributed by atoms with van der Waals surface area (Å²) in [5, 5.41) is 0.841. The third-order valence-electron chi connectivity index (χ3n) is 7.14. The van der Waals surface area contributed by atoms with Crippen LogP contribution in [0.4, 0.5) is 0 Å². The fourth-order valence-corrected chi connectivity index (χ4v) is 6.19. The van der Waals surface area contributed by atoms with Gasteiger partial charge in [-0.25, -0.2) is 0 Å². The van der Waals surface area contributed by atoms with E-state index in [0.717, 1.165) is 48.4 Å². The molecule has 0 bridgehead atoms. The van der Waals surface area contributed by atoms with Crippen LogP contribution >= 0.6 is 28.3 Å². The van der Waals surface area contributed by atoms with Crippen LogP contribution in [0.15, 0.2) is 12.1 Å². The van der Waals surface area contributed by atoms with Crippen molar-refractivity contribution in [2.75, 3.05) is 5.33 Å². The summed E-state index contributed by atoms with van der Waals surface area (Å²) in [4.78, 5) is 0. The van der Waals surface area contributed by atoms with Gasteiger partial charge in [0.1, 0.15) is 0 Å². The van der Waals surface area contributed by atoms with Gasteiger partial charge in [0, 0.05) is 23.7 Å². The lowest BCUT2D eigenvalue weighted by molar-refractivity contribution is -0.105. The number of halogens is 2. The second-order valence-corrected chi connectivity index (χ2v) is 9.54. The summed E-state index contributed by atoms with van der Waals surface area (Å²) in [6.07, 6.45) is 15.2. The molecule has 2 unspecified atom stereocenters. The van der Waals surface area contributed by atoms with Gasteiger partial charge in [0.2, 0.25) is 0 Å². The molecule has 1 aromatic rings. The summed E-state index contributed by atoms with van der Waals surface area (Å²) in [7, 11) is 0. The maximum absolute atomic E-state index is 6.68. The Hall–Kier alpha value is -0.450. The fraction of sp³-hybridized carbons (Fsp3) is 0.739.